The molecule has 0 aliphatic carbocycles. The predicted octanol–water partition coefficient (Wildman–Crippen LogP) is 1.53. The minimum absolute atomic E-state index is 0.156. The minimum Gasteiger partial charge on any atom is -0.425 e. The molecule has 2 heterocycles. The van der Waals surface area contributed by atoms with Crippen molar-refractivity contribution in [1.29, 1.82) is 0 Å². The minimum atomic E-state index is -5.01. The smallest absolute Gasteiger partial charge is 0.425 e. The maximum Gasteiger partial charge on any atom is 0.491 e. The molecule has 0 aromatic carbocycles. The highest BCUT2D eigenvalue weighted by Crippen LogP contribution is 2.28. The Morgan fingerprint density at radius 2 is 2.05 bits per heavy atom. The number of hydrogen-bond donors (Lipinski definition) is 1. The summed E-state index contributed by atoms with van der Waals surface area (Å²) in [5, 5.41) is 3.28. The summed E-state index contributed by atoms with van der Waals surface area (Å²) in [6.45, 7) is 6.66. The van der Waals surface area contributed by atoms with E-state index in [1.165, 1.54) is 6.92 Å². The standard InChI is InChI=1S/C14H23F3N2O3/c1-10-7-19(8-11-3-5-18-6-4-11)9-13(2,21-10)22-12(20)14(15,16)17/h10-11,18H,3-9H2,1-2H3. The van der Waals surface area contributed by atoms with Crippen molar-refractivity contribution >= 4 is 5.97 Å². The summed E-state index contributed by atoms with van der Waals surface area (Å²) in [4.78, 5) is 13.1. The van der Waals surface area contributed by atoms with E-state index >= 15 is 0 Å². The molecule has 128 valence electrons. The van der Waals surface area contributed by atoms with Gasteiger partial charge >= 0.3 is 12.1 Å². The number of esters is 1. The number of morpholine rings is 1. The van der Waals surface area contributed by atoms with Crippen LogP contribution >= 0.6 is 0 Å². The van der Waals surface area contributed by atoms with Gasteiger partial charge in [-0.15, -0.1) is 0 Å². The van der Waals surface area contributed by atoms with Gasteiger partial charge < -0.3 is 14.8 Å². The molecule has 0 aromatic heterocycles. The summed E-state index contributed by atoms with van der Waals surface area (Å²) < 4.78 is 47.2. The van der Waals surface area contributed by atoms with E-state index in [-0.39, 0.29) is 12.6 Å². The summed E-state index contributed by atoms with van der Waals surface area (Å²) in [6.07, 6.45) is -3.20. The van der Waals surface area contributed by atoms with Gasteiger partial charge in [-0.05, 0) is 38.8 Å². The Morgan fingerprint density at radius 3 is 2.64 bits per heavy atom. The Morgan fingerprint density at radius 1 is 1.41 bits per heavy atom. The molecule has 2 rings (SSSR count). The monoisotopic (exact) mass is 324 g/mol. The maximum atomic E-state index is 12.4. The fourth-order valence-corrected chi connectivity index (χ4v) is 3.21. The molecule has 2 fully saturated rings. The maximum absolute atomic E-state index is 12.4. The molecule has 5 nitrogen and oxygen atoms in total. The molecule has 0 radical (unpaired) electrons. The van der Waals surface area contributed by atoms with Crippen LogP contribution in [0, 0.1) is 5.92 Å². The zero-order valence-corrected chi connectivity index (χ0v) is 12.9. The number of alkyl halides is 3. The molecule has 2 aliphatic rings. The number of halogens is 3. The van der Waals surface area contributed by atoms with Crippen molar-refractivity contribution in [2.75, 3.05) is 32.7 Å². The van der Waals surface area contributed by atoms with E-state index in [1.807, 2.05) is 4.90 Å². The molecule has 0 aromatic rings. The van der Waals surface area contributed by atoms with Gasteiger partial charge in [0.05, 0.1) is 12.6 Å². The molecule has 0 bridgehead atoms. The Labute approximate surface area is 128 Å². The number of carbonyl (C=O) groups is 1. The normalized spacial score (nSPS) is 32.0. The first-order valence-electron chi connectivity index (χ1n) is 7.59. The predicted molar refractivity (Wildman–Crippen MR) is 73.1 cm³/mol. The third kappa shape index (κ3) is 4.82. The lowest BCUT2D eigenvalue weighted by Crippen LogP contribution is -2.57. The Bertz CT molecular complexity index is 399. The van der Waals surface area contributed by atoms with Crippen molar-refractivity contribution in [1.82, 2.24) is 10.2 Å². The summed E-state index contributed by atoms with van der Waals surface area (Å²) in [5.41, 5.74) is 0. The molecule has 2 saturated heterocycles. The molecule has 2 unspecified atom stereocenters. The van der Waals surface area contributed by atoms with Gasteiger partial charge in [0.15, 0.2) is 0 Å². The second kappa shape index (κ2) is 6.72. The van der Waals surface area contributed by atoms with Crippen LogP contribution in [0.25, 0.3) is 0 Å². The number of nitrogens with zero attached hydrogens (tertiary/aromatic N) is 1. The van der Waals surface area contributed by atoms with Crippen molar-refractivity contribution in [3.8, 4) is 0 Å². The van der Waals surface area contributed by atoms with E-state index in [9.17, 15) is 18.0 Å². The third-order valence-corrected chi connectivity index (χ3v) is 3.99. The largest absolute Gasteiger partial charge is 0.491 e. The molecule has 0 amide bonds. The van der Waals surface area contributed by atoms with Gasteiger partial charge in [0.1, 0.15) is 0 Å². The molecule has 8 heteroatoms. The van der Waals surface area contributed by atoms with Gasteiger partial charge in [-0.25, -0.2) is 4.79 Å². The summed E-state index contributed by atoms with van der Waals surface area (Å²) >= 11 is 0. The van der Waals surface area contributed by atoms with E-state index in [4.69, 9.17) is 4.74 Å². The van der Waals surface area contributed by atoms with Crippen molar-refractivity contribution < 1.29 is 27.4 Å². The molecule has 0 spiro atoms. The van der Waals surface area contributed by atoms with Crippen LogP contribution in [-0.4, -0.2) is 61.7 Å². The second-order valence-electron chi connectivity index (χ2n) is 6.34. The van der Waals surface area contributed by atoms with Gasteiger partial charge in [0.2, 0.25) is 5.79 Å². The zero-order valence-electron chi connectivity index (χ0n) is 12.9. The van der Waals surface area contributed by atoms with Crippen molar-refractivity contribution in [2.45, 2.75) is 44.8 Å². The van der Waals surface area contributed by atoms with Crippen LogP contribution in [0.3, 0.4) is 0 Å². The highest BCUT2D eigenvalue weighted by atomic mass is 19.4. The number of hydrogen-bond acceptors (Lipinski definition) is 5. The molecule has 2 atom stereocenters. The number of carbonyl (C=O) groups excluding carboxylic acids is 1. The molecular weight excluding hydrogens is 301 g/mol. The first-order valence-corrected chi connectivity index (χ1v) is 7.59. The van der Waals surface area contributed by atoms with Crippen molar-refractivity contribution in [2.24, 2.45) is 5.92 Å². The van der Waals surface area contributed by atoms with Crippen LogP contribution in [0.5, 0.6) is 0 Å². The van der Waals surface area contributed by atoms with Crippen LogP contribution in [-0.2, 0) is 14.3 Å². The summed E-state index contributed by atoms with van der Waals surface area (Å²) in [6, 6.07) is 0. The Kier molecular flexibility index (Phi) is 5.34. The van der Waals surface area contributed by atoms with Crippen LogP contribution < -0.4 is 5.32 Å². The lowest BCUT2D eigenvalue weighted by atomic mass is 9.97. The first kappa shape index (κ1) is 17.5. The van der Waals surface area contributed by atoms with E-state index in [2.05, 4.69) is 10.1 Å². The van der Waals surface area contributed by atoms with Gasteiger partial charge in [-0.2, -0.15) is 13.2 Å². The lowest BCUT2D eigenvalue weighted by molar-refractivity contribution is -0.287. The molecular formula is C14H23F3N2O3. The highest BCUT2D eigenvalue weighted by molar-refractivity contribution is 5.76. The van der Waals surface area contributed by atoms with Gasteiger partial charge in [0, 0.05) is 20.0 Å². The average molecular weight is 324 g/mol. The number of rotatable bonds is 3. The number of piperidine rings is 1. The second-order valence-corrected chi connectivity index (χ2v) is 6.34. The third-order valence-electron chi connectivity index (χ3n) is 3.99. The highest BCUT2D eigenvalue weighted by Gasteiger charge is 2.48. The Balaban J connectivity index is 1.95. The molecule has 0 saturated carbocycles. The number of nitrogens with one attached hydrogen (secondary N) is 1. The fourth-order valence-electron chi connectivity index (χ4n) is 3.21. The SMILES string of the molecule is CC1CN(CC2CCNCC2)CC(C)(OC(=O)C(F)(F)F)O1. The van der Waals surface area contributed by atoms with Gasteiger partial charge in [-0.3, -0.25) is 4.90 Å². The van der Waals surface area contributed by atoms with Gasteiger partial charge in [-0.1, -0.05) is 0 Å². The van der Waals surface area contributed by atoms with E-state index in [0.29, 0.717) is 12.5 Å². The summed E-state index contributed by atoms with van der Waals surface area (Å²) in [5.74, 6) is -3.25. The quantitative estimate of drug-likeness (QED) is 0.798. The molecule has 1 N–H and O–H groups in total. The van der Waals surface area contributed by atoms with Gasteiger partial charge in [0.25, 0.3) is 0 Å². The fraction of sp³-hybridized carbons (Fsp3) is 0.929. The van der Waals surface area contributed by atoms with Crippen molar-refractivity contribution in [3.63, 3.8) is 0 Å². The van der Waals surface area contributed by atoms with Crippen LogP contribution in [0.4, 0.5) is 13.2 Å². The van der Waals surface area contributed by atoms with Crippen LogP contribution in [0.2, 0.25) is 0 Å². The van der Waals surface area contributed by atoms with E-state index in [1.54, 1.807) is 6.92 Å². The van der Waals surface area contributed by atoms with Crippen LogP contribution in [0.1, 0.15) is 26.7 Å². The first-order chi connectivity index (χ1) is 10.2. The molecule has 22 heavy (non-hydrogen) atoms. The van der Waals surface area contributed by atoms with E-state index < -0.39 is 17.9 Å². The lowest BCUT2D eigenvalue weighted by Gasteiger charge is -2.44. The van der Waals surface area contributed by atoms with E-state index in [0.717, 1.165) is 32.5 Å². The summed E-state index contributed by atoms with van der Waals surface area (Å²) in [7, 11) is 0. The van der Waals surface area contributed by atoms with Crippen LogP contribution in [0.15, 0.2) is 0 Å². The zero-order chi connectivity index (χ0) is 16.4. The molecule has 2 aliphatic heterocycles. The topological polar surface area (TPSA) is 50.8 Å². The average Bonchev–Trinajstić information content (AvgIpc) is 2.36. The van der Waals surface area contributed by atoms with Crippen molar-refractivity contribution in [3.05, 3.63) is 0 Å². The number of ether oxygens (including phenoxy) is 2. The Hall–Kier alpha value is -0.860.